The average molecular weight is 391 g/mol. The van der Waals surface area contributed by atoms with Crippen molar-refractivity contribution in [2.24, 2.45) is 5.92 Å². The Bertz CT molecular complexity index is 1020. The smallest absolute Gasteiger partial charge is 0.229 e. The van der Waals surface area contributed by atoms with Gasteiger partial charge in [0.15, 0.2) is 0 Å². The first kappa shape index (κ1) is 18.7. The Morgan fingerprint density at radius 2 is 2.00 bits per heavy atom. The number of nitrogens with zero attached hydrogens (tertiary/aromatic N) is 4. The molecule has 3 aromatic rings. The van der Waals surface area contributed by atoms with Crippen LogP contribution in [0.25, 0.3) is 0 Å². The van der Waals surface area contributed by atoms with Gasteiger partial charge in [0.2, 0.25) is 11.8 Å². The molecule has 2 amide bonds. The molecule has 1 atom stereocenters. The van der Waals surface area contributed by atoms with E-state index in [0.29, 0.717) is 30.2 Å². The molecule has 8 nitrogen and oxygen atoms in total. The van der Waals surface area contributed by atoms with Crippen LogP contribution < -0.4 is 15.0 Å². The minimum absolute atomic E-state index is 0.0921. The van der Waals surface area contributed by atoms with E-state index < -0.39 is 5.92 Å². The maximum absolute atomic E-state index is 12.9. The molecule has 0 spiro atoms. The summed E-state index contributed by atoms with van der Waals surface area (Å²) in [5, 5.41) is 7.08. The summed E-state index contributed by atoms with van der Waals surface area (Å²) < 4.78 is 7.04. The molecule has 29 heavy (non-hydrogen) atoms. The monoisotopic (exact) mass is 391 g/mol. The van der Waals surface area contributed by atoms with Crippen LogP contribution in [0, 0.1) is 5.92 Å². The molecule has 148 valence electrons. The largest absolute Gasteiger partial charge is 0.495 e. The van der Waals surface area contributed by atoms with Gasteiger partial charge in [-0.15, -0.1) is 0 Å². The van der Waals surface area contributed by atoms with E-state index in [1.807, 2.05) is 42.5 Å². The molecule has 8 heteroatoms. The second-order valence-electron chi connectivity index (χ2n) is 6.82. The van der Waals surface area contributed by atoms with Crippen LogP contribution >= 0.6 is 0 Å². The number of anilines is 2. The first-order chi connectivity index (χ1) is 14.2. The number of amides is 2. The van der Waals surface area contributed by atoms with Gasteiger partial charge in [-0.3, -0.25) is 9.59 Å². The van der Waals surface area contributed by atoms with Crippen LogP contribution in [-0.4, -0.2) is 40.2 Å². The number of hydrogen-bond acceptors (Lipinski definition) is 5. The number of rotatable bonds is 6. The molecule has 0 radical (unpaired) electrons. The first-order valence-corrected chi connectivity index (χ1v) is 9.30. The SMILES string of the molecule is COc1ccccc1N1CC(C(=O)Nc2ccccc2Cn2cncn2)CC1=O. The topological polar surface area (TPSA) is 89.3 Å². The zero-order chi connectivity index (χ0) is 20.2. The fourth-order valence-corrected chi connectivity index (χ4v) is 3.47. The Kier molecular flexibility index (Phi) is 5.24. The first-order valence-electron chi connectivity index (χ1n) is 9.30. The Morgan fingerprint density at radius 3 is 2.79 bits per heavy atom. The molecular weight excluding hydrogens is 370 g/mol. The van der Waals surface area contributed by atoms with Gasteiger partial charge in [-0.05, 0) is 23.8 Å². The van der Waals surface area contributed by atoms with Gasteiger partial charge in [0.1, 0.15) is 18.4 Å². The number of aromatic nitrogens is 3. The molecule has 2 aromatic carbocycles. The molecule has 1 aliphatic rings. The van der Waals surface area contributed by atoms with Crippen molar-refractivity contribution in [2.45, 2.75) is 13.0 Å². The number of carbonyl (C=O) groups is 2. The summed E-state index contributed by atoms with van der Waals surface area (Å²) in [5.74, 6) is -0.0979. The van der Waals surface area contributed by atoms with E-state index in [4.69, 9.17) is 4.74 Å². The second kappa shape index (κ2) is 8.14. The molecule has 0 aliphatic carbocycles. The lowest BCUT2D eigenvalue weighted by Gasteiger charge is -2.19. The van der Waals surface area contributed by atoms with Crippen molar-refractivity contribution in [2.75, 3.05) is 23.9 Å². The lowest BCUT2D eigenvalue weighted by molar-refractivity contribution is -0.122. The molecule has 0 bridgehead atoms. The van der Waals surface area contributed by atoms with Crippen molar-refractivity contribution < 1.29 is 14.3 Å². The fraction of sp³-hybridized carbons (Fsp3) is 0.238. The summed E-state index contributed by atoms with van der Waals surface area (Å²) in [7, 11) is 1.57. The lowest BCUT2D eigenvalue weighted by Crippen LogP contribution is -2.28. The van der Waals surface area contributed by atoms with Crippen LogP contribution in [0.2, 0.25) is 0 Å². The maximum atomic E-state index is 12.9. The molecule has 1 saturated heterocycles. The molecule has 1 fully saturated rings. The van der Waals surface area contributed by atoms with Crippen molar-refractivity contribution in [1.29, 1.82) is 0 Å². The number of carbonyl (C=O) groups excluding carboxylic acids is 2. The second-order valence-corrected chi connectivity index (χ2v) is 6.82. The van der Waals surface area contributed by atoms with Crippen molar-refractivity contribution >= 4 is 23.2 Å². The lowest BCUT2D eigenvalue weighted by atomic mass is 10.1. The van der Waals surface area contributed by atoms with Gasteiger partial charge in [-0.2, -0.15) is 5.10 Å². The predicted molar refractivity (Wildman–Crippen MR) is 108 cm³/mol. The summed E-state index contributed by atoms with van der Waals surface area (Å²) >= 11 is 0. The van der Waals surface area contributed by atoms with E-state index in [-0.39, 0.29) is 18.2 Å². The predicted octanol–water partition coefficient (Wildman–Crippen LogP) is 2.33. The van der Waals surface area contributed by atoms with Gasteiger partial charge in [-0.25, -0.2) is 9.67 Å². The molecule has 2 heterocycles. The third-order valence-corrected chi connectivity index (χ3v) is 4.95. The number of benzene rings is 2. The zero-order valence-electron chi connectivity index (χ0n) is 16.0. The van der Waals surface area contributed by atoms with E-state index in [1.54, 1.807) is 29.1 Å². The quantitative estimate of drug-likeness (QED) is 0.697. The summed E-state index contributed by atoms with van der Waals surface area (Å²) in [5.41, 5.74) is 2.30. The van der Waals surface area contributed by atoms with Crippen LogP contribution in [0.4, 0.5) is 11.4 Å². The average Bonchev–Trinajstić information content (AvgIpc) is 3.39. The van der Waals surface area contributed by atoms with Crippen LogP contribution in [0.5, 0.6) is 5.75 Å². The Balaban J connectivity index is 1.48. The Labute approximate surface area is 168 Å². The van der Waals surface area contributed by atoms with Crippen LogP contribution in [0.1, 0.15) is 12.0 Å². The number of para-hydroxylation sites is 3. The summed E-state index contributed by atoms with van der Waals surface area (Å²) in [6.07, 6.45) is 3.26. The van der Waals surface area contributed by atoms with E-state index in [1.165, 1.54) is 6.33 Å². The summed E-state index contributed by atoms with van der Waals surface area (Å²) in [6.45, 7) is 0.809. The molecular formula is C21H21N5O3. The molecule has 4 rings (SSSR count). The zero-order valence-corrected chi connectivity index (χ0v) is 16.0. The fourth-order valence-electron chi connectivity index (χ4n) is 3.47. The minimum atomic E-state index is -0.438. The summed E-state index contributed by atoms with van der Waals surface area (Å²) in [4.78, 5) is 31.0. The Morgan fingerprint density at radius 1 is 1.21 bits per heavy atom. The van der Waals surface area contributed by atoms with E-state index in [2.05, 4.69) is 15.4 Å². The standard InChI is InChI=1S/C21H21N5O3/c1-29-19-9-5-4-8-18(19)26-12-16(10-20(26)27)21(28)24-17-7-3-2-6-15(17)11-25-14-22-13-23-25/h2-9,13-14,16H,10-12H2,1H3,(H,24,28). The van der Waals surface area contributed by atoms with Gasteiger partial charge in [0.05, 0.1) is 25.3 Å². The van der Waals surface area contributed by atoms with Gasteiger partial charge < -0.3 is 15.0 Å². The number of methoxy groups -OCH3 is 1. The number of nitrogens with one attached hydrogen (secondary N) is 1. The van der Waals surface area contributed by atoms with Crippen molar-refractivity contribution in [3.05, 3.63) is 66.7 Å². The van der Waals surface area contributed by atoms with Crippen molar-refractivity contribution in [1.82, 2.24) is 14.8 Å². The highest BCUT2D eigenvalue weighted by Crippen LogP contribution is 2.33. The van der Waals surface area contributed by atoms with Crippen LogP contribution in [-0.2, 0) is 16.1 Å². The summed E-state index contributed by atoms with van der Waals surface area (Å²) in [6, 6.07) is 14.9. The molecule has 1 aromatic heterocycles. The third-order valence-electron chi connectivity index (χ3n) is 4.95. The van der Waals surface area contributed by atoms with E-state index in [9.17, 15) is 9.59 Å². The van der Waals surface area contributed by atoms with Gasteiger partial charge in [0.25, 0.3) is 0 Å². The third kappa shape index (κ3) is 3.96. The molecule has 1 unspecified atom stereocenters. The van der Waals surface area contributed by atoms with Crippen LogP contribution in [0.15, 0.2) is 61.2 Å². The highest BCUT2D eigenvalue weighted by molar-refractivity contribution is 6.04. The molecule has 0 saturated carbocycles. The molecule has 1 N–H and O–H groups in total. The van der Waals surface area contributed by atoms with E-state index in [0.717, 1.165) is 5.56 Å². The van der Waals surface area contributed by atoms with Gasteiger partial charge >= 0.3 is 0 Å². The Hall–Kier alpha value is -3.68. The minimum Gasteiger partial charge on any atom is -0.495 e. The van der Waals surface area contributed by atoms with Gasteiger partial charge in [-0.1, -0.05) is 30.3 Å². The highest BCUT2D eigenvalue weighted by Gasteiger charge is 2.36. The van der Waals surface area contributed by atoms with E-state index >= 15 is 0 Å². The highest BCUT2D eigenvalue weighted by atomic mass is 16.5. The van der Waals surface area contributed by atoms with Crippen LogP contribution in [0.3, 0.4) is 0 Å². The van der Waals surface area contributed by atoms with Crippen molar-refractivity contribution in [3.8, 4) is 5.75 Å². The maximum Gasteiger partial charge on any atom is 0.229 e. The van der Waals surface area contributed by atoms with Gasteiger partial charge in [0, 0.05) is 18.7 Å². The number of ether oxygens (including phenoxy) is 1. The number of hydrogen-bond donors (Lipinski definition) is 1. The normalized spacial score (nSPS) is 16.1. The molecule has 1 aliphatic heterocycles. The van der Waals surface area contributed by atoms with Crippen molar-refractivity contribution in [3.63, 3.8) is 0 Å².